The molecule has 1 aromatic carbocycles. The number of hydrazone groups is 1. The first kappa shape index (κ1) is 18.6. The van der Waals surface area contributed by atoms with Crippen LogP contribution >= 0.6 is 0 Å². The van der Waals surface area contributed by atoms with Gasteiger partial charge in [-0.3, -0.25) is 9.78 Å². The number of hydrogen-bond donors (Lipinski definition) is 1. The largest absolute Gasteiger partial charge is 0.483 e. The van der Waals surface area contributed by atoms with Crippen molar-refractivity contribution in [1.82, 2.24) is 10.4 Å². The zero-order valence-corrected chi connectivity index (χ0v) is 15.5. The molecule has 1 aromatic heterocycles. The molecule has 0 saturated carbocycles. The van der Waals surface area contributed by atoms with Crippen molar-refractivity contribution in [3.63, 3.8) is 0 Å². The van der Waals surface area contributed by atoms with Crippen LogP contribution in [0.3, 0.4) is 0 Å². The van der Waals surface area contributed by atoms with Crippen LogP contribution < -0.4 is 10.2 Å². The maximum atomic E-state index is 11.9. The molecule has 0 radical (unpaired) electrons. The number of hydrogen-bond acceptors (Lipinski definition) is 4. The Morgan fingerprint density at radius 3 is 2.60 bits per heavy atom. The molecule has 1 N–H and O–H groups in total. The van der Waals surface area contributed by atoms with Gasteiger partial charge in [0.15, 0.2) is 6.61 Å². The number of pyridine rings is 1. The van der Waals surface area contributed by atoms with E-state index in [0.717, 1.165) is 11.3 Å². The molecule has 0 aliphatic rings. The van der Waals surface area contributed by atoms with Crippen molar-refractivity contribution in [2.24, 2.45) is 5.10 Å². The highest BCUT2D eigenvalue weighted by atomic mass is 16.5. The van der Waals surface area contributed by atoms with E-state index in [9.17, 15) is 4.79 Å². The summed E-state index contributed by atoms with van der Waals surface area (Å²) >= 11 is 0. The molecule has 0 aliphatic carbocycles. The van der Waals surface area contributed by atoms with Crippen molar-refractivity contribution in [2.75, 3.05) is 6.61 Å². The fourth-order valence-electron chi connectivity index (χ4n) is 2.23. The summed E-state index contributed by atoms with van der Waals surface area (Å²) in [5.41, 5.74) is 6.17. The van der Waals surface area contributed by atoms with E-state index in [1.807, 2.05) is 37.3 Å². The minimum absolute atomic E-state index is 0.0817. The normalized spacial score (nSPS) is 12.0. The summed E-state index contributed by atoms with van der Waals surface area (Å²) in [6.07, 6.45) is 1.68. The second-order valence-corrected chi connectivity index (χ2v) is 6.97. The first-order valence-corrected chi connectivity index (χ1v) is 8.26. The fraction of sp³-hybridized carbons (Fsp3) is 0.350. The highest BCUT2D eigenvalue weighted by Crippen LogP contribution is 2.27. The number of benzene rings is 1. The molecule has 0 atom stereocenters. The lowest BCUT2D eigenvalue weighted by Crippen LogP contribution is -2.26. The number of rotatable bonds is 5. The van der Waals surface area contributed by atoms with Crippen molar-refractivity contribution in [3.8, 4) is 5.75 Å². The Labute approximate surface area is 149 Å². The average molecular weight is 339 g/mol. The highest BCUT2D eigenvalue weighted by Gasteiger charge is 2.15. The Morgan fingerprint density at radius 2 is 2.00 bits per heavy atom. The van der Waals surface area contributed by atoms with Crippen LogP contribution in [0.15, 0.2) is 47.7 Å². The third kappa shape index (κ3) is 5.41. The first-order chi connectivity index (χ1) is 11.8. The van der Waals surface area contributed by atoms with Crippen LogP contribution in [0.25, 0.3) is 0 Å². The molecule has 0 unspecified atom stereocenters. The average Bonchev–Trinajstić information content (AvgIpc) is 2.58. The molecular weight excluding hydrogens is 314 g/mol. The van der Waals surface area contributed by atoms with Gasteiger partial charge in [0.1, 0.15) is 5.75 Å². The zero-order chi connectivity index (χ0) is 18.4. The van der Waals surface area contributed by atoms with Crippen LogP contribution in [0, 0.1) is 6.92 Å². The van der Waals surface area contributed by atoms with Crippen LogP contribution in [0.5, 0.6) is 5.75 Å². The molecule has 1 heterocycles. The SMILES string of the molecule is CC(=NNC(=O)COc1ccc(C(C)(C)C)cc1C)c1ccccn1. The van der Waals surface area contributed by atoms with Gasteiger partial charge in [-0.2, -0.15) is 5.10 Å². The maximum absolute atomic E-state index is 11.9. The quantitative estimate of drug-likeness (QED) is 0.668. The van der Waals surface area contributed by atoms with Crippen LogP contribution in [0.4, 0.5) is 0 Å². The van der Waals surface area contributed by atoms with Gasteiger partial charge in [0.25, 0.3) is 5.91 Å². The standard InChI is InChI=1S/C20H25N3O2/c1-14-12-16(20(3,4)5)9-10-18(14)25-13-19(24)23-22-15(2)17-8-6-7-11-21-17/h6-12H,13H2,1-5H3,(H,23,24). The van der Waals surface area contributed by atoms with Crippen molar-refractivity contribution >= 4 is 11.6 Å². The van der Waals surface area contributed by atoms with E-state index >= 15 is 0 Å². The Bertz CT molecular complexity index is 762. The number of carbonyl (C=O) groups excluding carboxylic acids is 1. The molecule has 0 spiro atoms. The monoisotopic (exact) mass is 339 g/mol. The van der Waals surface area contributed by atoms with E-state index in [4.69, 9.17) is 4.74 Å². The molecule has 132 valence electrons. The van der Waals surface area contributed by atoms with Crippen molar-refractivity contribution < 1.29 is 9.53 Å². The van der Waals surface area contributed by atoms with E-state index in [0.29, 0.717) is 11.5 Å². The van der Waals surface area contributed by atoms with Crippen LogP contribution in [-0.2, 0) is 10.2 Å². The molecular formula is C20H25N3O2. The lowest BCUT2D eigenvalue weighted by Gasteiger charge is -2.20. The van der Waals surface area contributed by atoms with Gasteiger partial charge >= 0.3 is 0 Å². The molecule has 0 bridgehead atoms. The molecule has 0 aliphatic heterocycles. The van der Waals surface area contributed by atoms with Gasteiger partial charge < -0.3 is 4.74 Å². The van der Waals surface area contributed by atoms with Gasteiger partial charge in [0.05, 0.1) is 11.4 Å². The summed E-state index contributed by atoms with van der Waals surface area (Å²) in [5, 5.41) is 4.05. The number of nitrogens with one attached hydrogen (secondary N) is 1. The minimum Gasteiger partial charge on any atom is -0.483 e. The van der Waals surface area contributed by atoms with E-state index in [2.05, 4.69) is 42.3 Å². The second kappa shape index (κ2) is 7.92. The van der Waals surface area contributed by atoms with Crippen molar-refractivity contribution in [3.05, 3.63) is 59.4 Å². The van der Waals surface area contributed by atoms with Crippen LogP contribution in [0.1, 0.15) is 44.5 Å². The summed E-state index contributed by atoms with van der Waals surface area (Å²) in [6, 6.07) is 11.6. The van der Waals surface area contributed by atoms with E-state index in [-0.39, 0.29) is 17.9 Å². The first-order valence-electron chi connectivity index (χ1n) is 8.26. The van der Waals surface area contributed by atoms with Gasteiger partial charge in [0, 0.05) is 6.20 Å². The lowest BCUT2D eigenvalue weighted by atomic mass is 9.86. The molecule has 2 aromatic rings. The third-order valence-corrected chi connectivity index (χ3v) is 3.78. The topological polar surface area (TPSA) is 63.6 Å². The van der Waals surface area contributed by atoms with Gasteiger partial charge in [-0.25, -0.2) is 5.43 Å². The Balaban J connectivity index is 1.92. The van der Waals surface area contributed by atoms with Crippen molar-refractivity contribution in [2.45, 2.75) is 40.0 Å². The van der Waals surface area contributed by atoms with Gasteiger partial charge in [-0.1, -0.05) is 39.0 Å². The Morgan fingerprint density at radius 1 is 1.24 bits per heavy atom. The summed E-state index contributed by atoms with van der Waals surface area (Å²) in [4.78, 5) is 16.1. The molecule has 5 heteroatoms. The number of aromatic nitrogens is 1. The van der Waals surface area contributed by atoms with Crippen LogP contribution in [0.2, 0.25) is 0 Å². The van der Waals surface area contributed by atoms with E-state index < -0.39 is 0 Å². The summed E-state index contributed by atoms with van der Waals surface area (Å²) < 4.78 is 5.61. The van der Waals surface area contributed by atoms with Crippen LogP contribution in [-0.4, -0.2) is 23.2 Å². The molecule has 5 nitrogen and oxygen atoms in total. The highest BCUT2D eigenvalue weighted by molar-refractivity contribution is 5.97. The smallest absolute Gasteiger partial charge is 0.277 e. The zero-order valence-electron chi connectivity index (χ0n) is 15.5. The molecule has 2 rings (SSSR count). The summed E-state index contributed by atoms with van der Waals surface area (Å²) in [5.74, 6) is 0.392. The third-order valence-electron chi connectivity index (χ3n) is 3.78. The summed E-state index contributed by atoms with van der Waals surface area (Å²) in [6.45, 7) is 10.2. The number of ether oxygens (including phenoxy) is 1. The number of aryl methyl sites for hydroxylation is 1. The number of carbonyl (C=O) groups is 1. The number of nitrogens with zero attached hydrogens (tertiary/aromatic N) is 2. The number of amides is 1. The predicted molar refractivity (Wildman–Crippen MR) is 100.0 cm³/mol. The van der Waals surface area contributed by atoms with E-state index in [1.165, 1.54) is 5.56 Å². The summed E-state index contributed by atoms with van der Waals surface area (Å²) in [7, 11) is 0. The predicted octanol–water partition coefficient (Wildman–Crippen LogP) is 3.61. The molecule has 0 saturated heterocycles. The van der Waals surface area contributed by atoms with Crippen molar-refractivity contribution in [1.29, 1.82) is 0 Å². The van der Waals surface area contributed by atoms with E-state index in [1.54, 1.807) is 13.1 Å². The van der Waals surface area contributed by atoms with Gasteiger partial charge in [-0.05, 0) is 48.6 Å². The Kier molecular flexibility index (Phi) is 5.91. The molecule has 0 fully saturated rings. The molecule has 1 amide bonds. The molecule has 25 heavy (non-hydrogen) atoms. The minimum atomic E-state index is -0.311. The maximum Gasteiger partial charge on any atom is 0.277 e. The second-order valence-electron chi connectivity index (χ2n) is 6.97. The lowest BCUT2D eigenvalue weighted by molar-refractivity contribution is -0.123. The Hall–Kier alpha value is -2.69. The fourth-order valence-corrected chi connectivity index (χ4v) is 2.23. The van der Waals surface area contributed by atoms with Gasteiger partial charge in [0.2, 0.25) is 0 Å². The van der Waals surface area contributed by atoms with Gasteiger partial charge in [-0.15, -0.1) is 0 Å².